The second-order valence-electron chi connectivity index (χ2n) is 2.28. The lowest BCUT2D eigenvalue weighted by atomic mass is 10.2. The van der Waals surface area contributed by atoms with Crippen LogP contribution in [0.3, 0.4) is 0 Å². The lowest BCUT2D eigenvalue weighted by Crippen LogP contribution is -2.47. The van der Waals surface area contributed by atoms with Crippen LogP contribution >= 0.6 is 0 Å². The van der Waals surface area contributed by atoms with Crippen LogP contribution in [0.5, 0.6) is 0 Å². The van der Waals surface area contributed by atoms with E-state index in [2.05, 4.69) is 10.9 Å². The zero-order valence-electron chi connectivity index (χ0n) is 6.86. The van der Waals surface area contributed by atoms with Crippen molar-refractivity contribution in [2.24, 2.45) is 0 Å². The maximum atomic E-state index is 10.4. The van der Waals surface area contributed by atoms with E-state index in [0.29, 0.717) is 0 Å². The Hall–Kier alpha value is -1.18. The molecule has 7 heteroatoms. The van der Waals surface area contributed by atoms with E-state index in [1.807, 2.05) is 0 Å². The third kappa shape index (κ3) is 6.02. The van der Waals surface area contributed by atoms with Gasteiger partial charge in [-0.25, -0.2) is 5.43 Å². The lowest BCUT2D eigenvalue weighted by Gasteiger charge is -2.12. The van der Waals surface area contributed by atoms with Crippen LogP contribution in [-0.2, 0) is 9.59 Å². The summed E-state index contributed by atoms with van der Waals surface area (Å²) in [4.78, 5) is 20.6. The molecule has 0 radical (unpaired) electrons. The summed E-state index contributed by atoms with van der Waals surface area (Å²) in [6, 6.07) is -1.19. The van der Waals surface area contributed by atoms with Crippen LogP contribution in [0.4, 0.5) is 0 Å². The Labute approximate surface area is 74.3 Å². The molecule has 0 aliphatic rings. The Morgan fingerprint density at radius 1 is 1.31 bits per heavy atom. The number of aliphatic hydroxyl groups excluding tert-OH is 1. The van der Waals surface area contributed by atoms with Gasteiger partial charge in [0.1, 0.15) is 6.04 Å². The third-order valence-electron chi connectivity index (χ3n) is 1.19. The Bertz CT molecular complexity index is 184. The molecule has 0 aliphatic heterocycles. The second kappa shape index (κ2) is 6.35. The van der Waals surface area contributed by atoms with E-state index in [-0.39, 0.29) is 13.2 Å². The first kappa shape index (κ1) is 11.8. The fourth-order valence-corrected chi connectivity index (χ4v) is 0.626. The van der Waals surface area contributed by atoms with Crippen molar-refractivity contribution in [1.82, 2.24) is 10.9 Å². The molecule has 0 saturated heterocycles. The van der Waals surface area contributed by atoms with Crippen molar-refractivity contribution < 1.29 is 24.9 Å². The van der Waals surface area contributed by atoms with Crippen LogP contribution in [0, 0.1) is 0 Å². The summed E-state index contributed by atoms with van der Waals surface area (Å²) >= 11 is 0. The first-order chi connectivity index (χ1) is 6.07. The molecule has 0 aromatic rings. The van der Waals surface area contributed by atoms with E-state index in [9.17, 15) is 9.59 Å². The highest BCUT2D eigenvalue weighted by molar-refractivity contribution is 5.80. The highest BCUT2D eigenvalue weighted by Gasteiger charge is 2.19. The minimum atomic E-state index is -1.26. The number of hydrogen-bond acceptors (Lipinski definition) is 5. The minimum absolute atomic E-state index is 0.156. The van der Waals surface area contributed by atoms with Gasteiger partial charge in [-0.3, -0.25) is 15.0 Å². The first-order valence-corrected chi connectivity index (χ1v) is 3.61. The molecule has 7 nitrogen and oxygen atoms in total. The number of hydrogen-bond donors (Lipinski definition) is 5. The summed E-state index contributed by atoms with van der Waals surface area (Å²) in [5.74, 6) is -2.46. The van der Waals surface area contributed by atoms with Gasteiger partial charge >= 0.3 is 11.9 Å². The quantitative estimate of drug-likeness (QED) is 0.234. The molecule has 1 atom stereocenters. The smallest absolute Gasteiger partial charge is 0.322 e. The molecule has 0 bridgehead atoms. The Morgan fingerprint density at radius 3 is 2.31 bits per heavy atom. The molecule has 0 heterocycles. The van der Waals surface area contributed by atoms with Gasteiger partial charge in [0.2, 0.25) is 0 Å². The summed E-state index contributed by atoms with van der Waals surface area (Å²) in [5, 5.41) is 25.1. The van der Waals surface area contributed by atoms with Crippen molar-refractivity contribution in [3.8, 4) is 0 Å². The van der Waals surface area contributed by atoms with Crippen LogP contribution in [0.2, 0.25) is 0 Å². The predicted octanol–water partition coefficient (Wildman–Crippen LogP) is -2.00. The van der Waals surface area contributed by atoms with E-state index in [0.717, 1.165) is 0 Å². The number of aliphatic hydroxyl groups is 1. The number of carboxylic acids is 2. The number of rotatable bonds is 7. The average Bonchev–Trinajstić information content (AvgIpc) is 2.02. The molecule has 13 heavy (non-hydrogen) atoms. The molecule has 76 valence electrons. The van der Waals surface area contributed by atoms with Crippen molar-refractivity contribution in [2.75, 3.05) is 13.2 Å². The van der Waals surface area contributed by atoms with Gasteiger partial charge in [-0.05, 0) is 0 Å². The fraction of sp³-hybridized carbons (Fsp3) is 0.667. The van der Waals surface area contributed by atoms with Crippen LogP contribution in [0.15, 0.2) is 0 Å². The molecule has 0 unspecified atom stereocenters. The molecule has 0 amide bonds. The summed E-state index contributed by atoms with van der Waals surface area (Å²) in [7, 11) is 0. The molecule has 0 aromatic carbocycles. The van der Waals surface area contributed by atoms with Gasteiger partial charge in [-0.2, -0.15) is 0 Å². The summed E-state index contributed by atoms with van der Waals surface area (Å²) in [6.45, 7) is -0.00416. The van der Waals surface area contributed by atoms with Crippen LogP contribution in [0.25, 0.3) is 0 Å². The molecule has 0 aromatic heterocycles. The first-order valence-electron chi connectivity index (χ1n) is 3.61. The molecule has 0 spiro atoms. The molecular formula is C6H12N2O5. The second-order valence-corrected chi connectivity index (χ2v) is 2.28. The maximum absolute atomic E-state index is 10.4. The van der Waals surface area contributed by atoms with Gasteiger partial charge in [0, 0.05) is 6.54 Å². The third-order valence-corrected chi connectivity index (χ3v) is 1.19. The average molecular weight is 192 g/mol. The fourth-order valence-electron chi connectivity index (χ4n) is 0.626. The number of nitrogens with one attached hydrogen (secondary N) is 2. The normalized spacial score (nSPS) is 12.4. The zero-order valence-corrected chi connectivity index (χ0v) is 6.86. The van der Waals surface area contributed by atoms with Gasteiger partial charge < -0.3 is 15.3 Å². The van der Waals surface area contributed by atoms with Crippen LogP contribution in [-0.4, -0.2) is 46.5 Å². The van der Waals surface area contributed by atoms with Gasteiger partial charge in [-0.1, -0.05) is 0 Å². The van der Waals surface area contributed by atoms with Gasteiger partial charge in [0.25, 0.3) is 0 Å². The minimum Gasteiger partial charge on any atom is -0.481 e. The number of carbonyl (C=O) groups is 2. The Balaban J connectivity index is 3.81. The summed E-state index contributed by atoms with van der Waals surface area (Å²) in [6.07, 6.45) is -0.520. The summed E-state index contributed by atoms with van der Waals surface area (Å²) in [5.41, 5.74) is 4.64. The Morgan fingerprint density at radius 2 is 1.92 bits per heavy atom. The van der Waals surface area contributed by atoms with Crippen LogP contribution < -0.4 is 10.9 Å². The van der Waals surface area contributed by atoms with E-state index >= 15 is 0 Å². The van der Waals surface area contributed by atoms with Gasteiger partial charge in [0.15, 0.2) is 0 Å². The number of carboxylic acid groups (broad SMARTS) is 2. The predicted molar refractivity (Wildman–Crippen MR) is 41.9 cm³/mol. The molecule has 5 N–H and O–H groups in total. The topological polar surface area (TPSA) is 119 Å². The van der Waals surface area contributed by atoms with Crippen molar-refractivity contribution >= 4 is 11.9 Å². The monoisotopic (exact) mass is 192 g/mol. The molecule has 0 rings (SSSR count). The van der Waals surface area contributed by atoms with E-state index < -0.39 is 24.4 Å². The molecular weight excluding hydrogens is 180 g/mol. The summed E-state index contributed by atoms with van der Waals surface area (Å²) < 4.78 is 0. The van der Waals surface area contributed by atoms with E-state index in [4.69, 9.17) is 15.3 Å². The van der Waals surface area contributed by atoms with Crippen molar-refractivity contribution in [2.45, 2.75) is 12.5 Å². The Kier molecular flexibility index (Phi) is 5.77. The van der Waals surface area contributed by atoms with E-state index in [1.54, 1.807) is 0 Å². The highest BCUT2D eigenvalue weighted by Crippen LogP contribution is 1.90. The molecule has 0 aliphatic carbocycles. The largest absolute Gasteiger partial charge is 0.481 e. The molecule has 0 saturated carbocycles. The molecule has 0 fully saturated rings. The standard InChI is InChI=1S/C6H12N2O5/c9-2-1-7-8-4(6(12)13)3-5(10)11/h4,7-9H,1-3H2,(H,10,11)(H,12,13)/t4-/m0/s1. The SMILES string of the molecule is O=C(O)C[C@H](NNCCO)C(=O)O. The highest BCUT2D eigenvalue weighted by atomic mass is 16.4. The van der Waals surface area contributed by atoms with Crippen molar-refractivity contribution in [1.29, 1.82) is 0 Å². The van der Waals surface area contributed by atoms with Gasteiger partial charge in [0.05, 0.1) is 13.0 Å². The van der Waals surface area contributed by atoms with Gasteiger partial charge in [-0.15, -0.1) is 0 Å². The van der Waals surface area contributed by atoms with Crippen molar-refractivity contribution in [3.63, 3.8) is 0 Å². The maximum Gasteiger partial charge on any atom is 0.322 e. The van der Waals surface area contributed by atoms with E-state index in [1.165, 1.54) is 0 Å². The lowest BCUT2D eigenvalue weighted by molar-refractivity contribution is -0.146. The zero-order chi connectivity index (χ0) is 10.3. The van der Waals surface area contributed by atoms with Crippen molar-refractivity contribution in [3.05, 3.63) is 0 Å². The number of hydrazine groups is 1. The van der Waals surface area contributed by atoms with Crippen LogP contribution in [0.1, 0.15) is 6.42 Å². The number of aliphatic carboxylic acids is 2.